The molecule has 7 heteroatoms. The summed E-state index contributed by atoms with van der Waals surface area (Å²) in [5.41, 5.74) is 5.98. The van der Waals surface area contributed by atoms with Crippen molar-refractivity contribution in [1.29, 1.82) is 0 Å². The van der Waals surface area contributed by atoms with Crippen molar-refractivity contribution in [1.82, 2.24) is 9.97 Å². The zero-order valence-corrected chi connectivity index (χ0v) is 10.9. The van der Waals surface area contributed by atoms with Crippen molar-refractivity contribution < 1.29 is 19.0 Å². The number of rotatable bonds is 5. The van der Waals surface area contributed by atoms with Gasteiger partial charge in [-0.05, 0) is 19.9 Å². The van der Waals surface area contributed by atoms with Crippen LogP contribution in [0.2, 0.25) is 0 Å². The summed E-state index contributed by atoms with van der Waals surface area (Å²) in [6, 6.07) is 1.43. The molecule has 0 bridgehead atoms. The monoisotopic (exact) mass is 255 g/mol. The molecule has 0 aliphatic carbocycles. The van der Waals surface area contributed by atoms with Crippen molar-refractivity contribution in [3.8, 4) is 0 Å². The van der Waals surface area contributed by atoms with Crippen molar-refractivity contribution in [2.45, 2.75) is 19.6 Å². The number of nitrogen functional groups attached to an aromatic ring is 1. The maximum atomic E-state index is 11.6. The minimum Gasteiger partial charge on any atom is -0.461 e. The number of anilines is 1. The lowest BCUT2D eigenvalue weighted by molar-refractivity contribution is -0.204. The molecule has 100 valence electrons. The van der Waals surface area contributed by atoms with Crippen LogP contribution in [0.4, 0.5) is 5.95 Å². The van der Waals surface area contributed by atoms with Crippen LogP contribution in [-0.4, -0.2) is 36.8 Å². The molecule has 0 saturated carbocycles. The summed E-state index contributed by atoms with van der Waals surface area (Å²) in [4.78, 5) is 19.4. The Morgan fingerprint density at radius 3 is 2.50 bits per heavy atom. The van der Waals surface area contributed by atoms with Crippen molar-refractivity contribution in [2.24, 2.45) is 0 Å². The van der Waals surface area contributed by atoms with Crippen molar-refractivity contribution in [2.75, 3.05) is 26.6 Å². The minimum atomic E-state index is -1.10. The van der Waals surface area contributed by atoms with E-state index in [1.807, 2.05) is 0 Å². The Bertz CT molecular complexity index is 432. The summed E-state index contributed by atoms with van der Waals surface area (Å²) >= 11 is 0. The summed E-state index contributed by atoms with van der Waals surface area (Å²) in [5, 5.41) is 0. The molecule has 1 aromatic heterocycles. The molecule has 0 atom stereocenters. The highest BCUT2D eigenvalue weighted by molar-refractivity contribution is 5.87. The van der Waals surface area contributed by atoms with Gasteiger partial charge in [0.2, 0.25) is 11.7 Å². The fourth-order valence-corrected chi connectivity index (χ4v) is 1.30. The third-order valence-electron chi connectivity index (χ3n) is 2.47. The zero-order chi connectivity index (χ0) is 13.8. The number of nitrogens with zero attached hydrogens (tertiary/aromatic N) is 2. The van der Waals surface area contributed by atoms with E-state index in [4.69, 9.17) is 19.9 Å². The predicted octanol–water partition coefficient (Wildman–Crippen LogP) is 0.701. The van der Waals surface area contributed by atoms with Gasteiger partial charge in [-0.25, -0.2) is 14.8 Å². The van der Waals surface area contributed by atoms with Crippen molar-refractivity contribution in [3.05, 3.63) is 17.5 Å². The summed E-state index contributed by atoms with van der Waals surface area (Å²) in [5.74, 6) is -1.71. The Hall–Kier alpha value is -1.73. The summed E-state index contributed by atoms with van der Waals surface area (Å²) in [6.07, 6.45) is 0. The number of esters is 1. The van der Waals surface area contributed by atoms with Gasteiger partial charge in [0.15, 0.2) is 5.69 Å². The number of carbonyl (C=O) groups excluding carboxylic acids is 1. The van der Waals surface area contributed by atoms with Crippen molar-refractivity contribution >= 4 is 11.9 Å². The van der Waals surface area contributed by atoms with Gasteiger partial charge in [-0.2, -0.15) is 0 Å². The highest BCUT2D eigenvalue weighted by atomic mass is 16.7. The van der Waals surface area contributed by atoms with Crippen LogP contribution in [0, 0.1) is 0 Å². The third kappa shape index (κ3) is 2.93. The smallest absolute Gasteiger partial charge is 0.357 e. The Kier molecular flexibility index (Phi) is 4.57. The highest BCUT2D eigenvalue weighted by Crippen LogP contribution is 2.24. The molecule has 0 radical (unpaired) electrons. The Morgan fingerprint density at radius 2 is 2.00 bits per heavy atom. The lowest BCUT2D eigenvalue weighted by atomic mass is 10.2. The largest absolute Gasteiger partial charge is 0.461 e. The molecule has 0 aliphatic heterocycles. The van der Waals surface area contributed by atoms with Crippen LogP contribution in [-0.2, 0) is 20.0 Å². The van der Waals surface area contributed by atoms with Crippen LogP contribution < -0.4 is 5.73 Å². The summed E-state index contributed by atoms with van der Waals surface area (Å²) < 4.78 is 15.3. The Labute approximate surface area is 105 Å². The molecule has 1 heterocycles. The van der Waals surface area contributed by atoms with E-state index in [-0.39, 0.29) is 18.2 Å². The van der Waals surface area contributed by atoms with E-state index >= 15 is 0 Å². The molecular formula is C11H17N3O4. The fraction of sp³-hybridized carbons (Fsp3) is 0.545. The Balaban J connectivity index is 3.19. The first-order chi connectivity index (χ1) is 8.46. The molecule has 0 unspecified atom stereocenters. The van der Waals surface area contributed by atoms with Crippen LogP contribution >= 0.6 is 0 Å². The predicted molar refractivity (Wildman–Crippen MR) is 63.8 cm³/mol. The number of aromatic nitrogens is 2. The first-order valence-electron chi connectivity index (χ1n) is 5.39. The second-order valence-electron chi connectivity index (χ2n) is 3.57. The van der Waals surface area contributed by atoms with Gasteiger partial charge in [0, 0.05) is 14.2 Å². The molecule has 0 saturated heterocycles. The second-order valence-corrected chi connectivity index (χ2v) is 3.57. The van der Waals surface area contributed by atoms with E-state index < -0.39 is 11.8 Å². The molecule has 0 aliphatic rings. The van der Waals surface area contributed by atoms with E-state index in [2.05, 4.69) is 9.97 Å². The normalized spacial score (nSPS) is 11.3. The SMILES string of the molecule is CCOC(=O)c1cc(C(C)(OC)OC)nc(N)n1. The lowest BCUT2D eigenvalue weighted by Gasteiger charge is -2.25. The van der Waals surface area contributed by atoms with E-state index in [1.165, 1.54) is 20.3 Å². The molecule has 1 rings (SSSR count). The highest BCUT2D eigenvalue weighted by Gasteiger charge is 2.29. The second kappa shape index (κ2) is 5.74. The van der Waals surface area contributed by atoms with Gasteiger partial charge in [-0.15, -0.1) is 0 Å². The zero-order valence-electron chi connectivity index (χ0n) is 10.9. The summed E-state index contributed by atoms with van der Waals surface area (Å²) in [7, 11) is 2.93. The van der Waals surface area contributed by atoms with Gasteiger partial charge < -0.3 is 19.9 Å². The van der Waals surface area contributed by atoms with Gasteiger partial charge >= 0.3 is 5.97 Å². The number of methoxy groups -OCH3 is 2. The van der Waals surface area contributed by atoms with Gasteiger partial charge in [0.1, 0.15) is 5.69 Å². The molecule has 0 spiro atoms. The van der Waals surface area contributed by atoms with Crippen LogP contribution in [0.3, 0.4) is 0 Å². The molecule has 0 fully saturated rings. The van der Waals surface area contributed by atoms with E-state index in [0.717, 1.165) is 0 Å². The van der Waals surface area contributed by atoms with Gasteiger partial charge in [0.25, 0.3) is 0 Å². The lowest BCUT2D eigenvalue weighted by Crippen LogP contribution is -2.29. The quantitative estimate of drug-likeness (QED) is 0.611. The van der Waals surface area contributed by atoms with Gasteiger partial charge in [-0.1, -0.05) is 0 Å². The van der Waals surface area contributed by atoms with Gasteiger partial charge in [-0.3, -0.25) is 0 Å². The Morgan fingerprint density at radius 1 is 1.39 bits per heavy atom. The molecule has 0 amide bonds. The van der Waals surface area contributed by atoms with E-state index in [1.54, 1.807) is 13.8 Å². The molecular weight excluding hydrogens is 238 g/mol. The topological polar surface area (TPSA) is 96.6 Å². The number of nitrogens with two attached hydrogens (primary N) is 1. The summed E-state index contributed by atoms with van der Waals surface area (Å²) in [6.45, 7) is 3.62. The first kappa shape index (κ1) is 14.3. The molecule has 2 N–H and O–H groups in total. The maximum Gasteiger partial charge on any atom is 0.357 e. The molecule has 7 nitrogen and oxygen atoms in total. The van der Waals surface area contributed by atoms with E-state index in [0.29, 0.717) is 5.69 Å². The maximum absolute atomic E-state index is 11.6. The number of hydrogen-bond donors (Lipinski definition) is 1. The average Bonchev–Trinajstić information content (AvgIpc) is 2.37. The molecule has 0 aromatic carbocycles. The van der Waals surface area contributed by atoms with Crippen molar-refractivity contribution in [3.63, 3.8) is 0 Å². The standard InChI is InChI=1S/C11H17N3O4/c1-5-18-9(15)7-6-8(14-10(12)13-7)11(2,16-3)17-4/h6H,5H2,1-4H3,(H2,12,13,14). The van der Waals surface area contributed by atoms with Crippen LogP contribution in [0.15, 0.2) is 6.07 Å². The average molecular weight is 255 g/mol. The van der Waals surface area contributed by atoms with Crippen LogP contribution in [0.5, 0.6) is 0 Å². The minimum absolute atomic E-state index is 0.0455. The molecule has 1 aromatic rings. The van der Waals surface area contributed by atoms with Crippen LogP contribution in [0.25, 0.3) is 0 Å². The number of ether oxygens (including phenoxy) is 3. The van der Waals surface area contributed by atoms with Crippen LogP contribution in [0.1, 0.15) is 30.0 Å². The van der Waals surface area contributed by atoms with Gasteiger partial charge in [0.05, 0.1) is 6.61 Å². The fourth-order valence-electron chi connectivity index (χ4n) is 1.30. The molecule has 18 heavy (non-hydrogen) atoms. The number of carbonyl (C=O) groups is 1. The number of hydrogen-bond acceptors (Lipinski definition) is 7. The van der Waals surface area contributed by atoms with E-state index in [9.17, 15) is 4.79 Å². The first-order valence-corrected chi connectivity index (χ1v) is 5.39. The third-order valence-corrected chi connectivity index (χ3v) is 2.47.